The van der Waals surface area contributed by atoms with Gasteiger partial charge in [0.1, 0.15) is 0 Å². The second-order valence-electron chi connectivity index (χ2n) is 6.96. The van der Waals surface area contributed by atoms with Crippen molar-refractivity contribution in [2.75, 3.05) is 0 Å². The molecule has 3 heteroatoms. The summed E-state index contributed by atoms with van der Waals surface area (Å²) in [6, 6.07) is 9.33. The summed E-state index contributed by atoms with van der Waals surface area (Å²) in [5.41, 5.74) is 11.2. The van der Waals surface area contributed by atoms with Crippen molar-refractivity contribution in [2.45, 2.75) is 66.3 Å². The summed E-state index contributed by atoms with van der Waals surface area (Å²) in [7, 11) is 1.36. The molecule has 1 aliphatic rings. The molecule has 0 spiro atoms. The molecular formula is C21H33NSiTi. The zero-order valence-electron chi connectivity index (χ0n) is 16.3. The molecule has 130 valence electrons. The van der Waals surface area contributed by atoms with Gasteiger partial charge >= 0.3 is 21.7 Å². The van der Waals surface area contributed by atoms with Crippen molar-refractivity contribution in [1.29, 1.82) is 0 Å². The molecule has 0 aliphatic heterocycles. The first-order chi connectivity index (χ1) is 10.7. The summed E-state index contributed by atoms with van der Waals surface area (Å²) in [6.45, 7) is 11.7. The van der Waals surface area contributed by atoms with Crippen molar-refractivity contribution >= 4 is 26.8 Å². The van der Waals surface area contributed by atoms with Crippen LogP contribution in [0.5, 0.6) is 0 Å². The fourth-order valence-electron chi connectivity index (χ4n) is 2.44. The van der Waals surface area contributed by atoms with Crippen molar-refractivity contribution in [3.63, 3.8) is 0 Å². The molecule has 0 fully saturated rings. The zero-order valence-corrected chi connectivity index (χ0v) is 19.3. The van der Waals surface area contributed by atoms with Crippen molar-refractivity contribution < 1.29 is 21.7 Å². The molecule has 0 saturated carbocycles. The third kappa shape index (κ3) is 10.5. The largest absolute Gasteiger partial charge is 4.00 e. The minimum Gasteiger partial charge on any atom is -0.673 e. The molecule has 24 heavy (non-hydrogen) atoms. The Bertz CT molecular complexity index is 534. The molecule has 0 saturated heterocycles. The second kappa shape index (κ2) is 12.9. The van der Waals surface area contributed by atoms with E-state index in [1.807, 2.05) is 41.0 Å². The van der Waals surface area contributed by atoms with E-state index in [0.29, 0.717) is 0 Å². The zero-order chi connectivity index (χ0) is 18.0. The average molecular weight is 375 g/mol. The Morgan fingerprint density at radius 2 is 1.50 bits per heavy atom. The standard InChI is InChI=1S/C13H13.C4H10N.C3H7.CH3Si.Ti/c1-9-5-12-7-10-3-2-4-11(10)8-13(12)6-9;1-4(2,3)5;1-3-2;1-2;/h5-8H,2-4H2,1H3;5H,1-3H3;3H,1-2H3;1H,2H2;/q4*-1;+4. The Morgan fingerprint density at radius 1 is 1.08 bits per heavy atom. The van der Waals surface area contributed by atoms with Crippen molar-refractivity contribution in [1.82, 2.24) is 0 Å². The van der Waals surface area contributed by atoms with Crippen LogP contribution in [0.4, 0.5) is 0 Å². The number of aryl methyl sites for hydroxylation is 3. The predicted octanol–water partition coefficient (Wildman–Crippen LogP) is 5.35. The van der Waals surface area contributed by atoms with Gasteiger partial charge in [0.2, 0.25) is 0 Å². The fourth-order valence-corrected chi connectivity index (χ4v) is 2.44. The number of hydrogen-bond donors (Lipinski definition) is 0. The molecule has 1 N–H and O–H groups in total. The van der Waals surface area contributed by atoms with Crippen LogP contribution in [-0.4, -0.2) is 21.6 Å². The van der Waals surface area contributed by atoms with Crippen LogP contribution >= 0.6 is 0 Å². The summed E-state index contributed by atoms with van der Waals surface area (Å²) in [5.74, 6) is 0. The van der Waals surface area contributed by atoms with E-state index in [2.05, 4.69) is 37.4 Å². The summed E-state index contributed by atoms with van der Waals surface area (Å²) < 4.78 is 0. The van der Waals surface area contributed by atoms with E-state index in [-0.39, 0.29) is 27.3 Å². The van der Waals surface area contributed by atoms with E-state index < -0.39 is 0 Å². The molecule has 0 atom stereocenters. The first kappa shape index (κ1) is 25.8. The third-order valence-corrected chi connectivity index (χ3v) is 3.06. The molecule has 0 radical (unpaired) electrons. The predicted molar refractivity (Wildman–Crippen MR) is 111 cm³/mol. The van der Waals surface area contributed by atoms with Crippen molar-refractivity contribution in [2.24, 2.45) is 0 Å². The Labute approximate surface area is 167 Å². The van der Waals surface area contributed by atoms with E-state index in [1.165, 1.54) is 45.5 Å². The van der Waals surface area contributed by atoms with Gasteiger partial charge in [0.05, 0.1) is 0 Å². The van der Waals surface area contributed by atoms with Crippen molar-refractivity contribution in [3.8, 4) is 0 Å². The average Bonchev–Trinajstić information content (AvgIpc) is 3.01. The summed E-state index contributed by atoms with van der Waals surface area (Å²) in [5, 5.41) is 2.86. The van der Waals surface area contributed by atoms with Crippen LogP contribution in [-0.2, 0) is 34.6 Å². The first-order valence-electron chi connectivity index (χ1n) is 8.33. The van der Waals surface area contributed by atoms with Crippen LogP contribution in [0, 0.1) is 13.3 Å². The van der Waals surface area contributed by atoms with Crippen LogP contribution in [0.15, 0.2) is 24.3 Å². The smallest absolute Gasteiger partial charge is 0.673 e. The first-order valence-corrected chi connectivity index (χ1v) is 9.15. The minimum atomic E-state index is -0.250. The van der Waals surface area contributed by atoms with Gasteiger partial charge in [0.25, 0.3) is 0 Å². The topological polar surface area (TPSA) is 23.8 Å². The fraction of sp³-hybridized carbons (Fsp3) is 0.476. The van der Waals surface area contributed by atoms with Gasteiger partial charge in [0, 0.05) is 0 Å². The number of nitrogens with one attached hydrogen (secondary N) is 1. The van der Waals surface area contributed by atoms with Gasteiger partial charge in [0.15, 0.2) is 0 Å². The molecule has 0 aromatic heterocycles. The van der Waals surface area contributed by atoms with Gasteiger partial charge in [-0.25, -0.2) is 9.85 Å². The monoisotopic (exact) mass is 375 g/mol. The van der Waals surface area contributed by atoms with E-state index in [9.17, 15) is 0 Å². The Kier molecular flexibility index (Phi) is 13.9. The number of fused-ring (bicyclic) bond motifs is 2. The Hall–Kier alpha value is -0.409. The Morgan fingerprint density at radius 3 is 1.96 bits per heavy atom. The SMILES string of the molecule is CC(C)(C)[NH-].C[CH-]C.Cc1cc2cc3c(cc2[cH-]1)CCC3.[CH-]=[SiH2].[Ti+4]. The number of hydrogen-bond acceptors (Lipinski definition) is 0. The van der Waals surface area contributed by atoms with Gasteiger partial charge in [-0.1, -0.05) is 38.8 Å². The maximum Gasteiger partial charge on any atom is 4.00 e. The molecule has 1 nitrogen and oxygen atoms in total. The normalized spacial score (nSPS) is 11.6. The summed E-state index contributed by atoms with van der Waals surface area (Å²) in [6.07, 6.45) is 10.5. The van der Waals surface area contributed by atoms with Gasteiger partial charge in [-0.3, -0.25) is 0 Å². The van der Waals surface area contributed by atoms with Crippen LogP contribution < -0.4 is 0 Å². The summed E-state index contributed by atoms with van der Waals surface area (Å²) in [4.78, 5) is 0. The molecule has 2 aromatic carbocycles. The van der Waals surface area contributed by atoms with Crippen LogP contribution in [0.25, 0.3) is 16.5 Å². The maximum absolute atomic E-state index is 6.94. The number of rotatable bonds is 0. The molecule has 2 aromatic rings. The van der Waals surface area contributed by atoms with E-state index >= 15 is 0 Å². The van der Waals surface area contributed by atoms with Crippen LogP contribution in [0.2, 0.25) is 0 Å². The summed E-state index contributed by atoms with van der Waals surface area (Å²) >= 11 is 0. The number of benzene rings is 1. The van der Waals surface area contributed by atoms with Crippen LogP contribution in [0.1, 0.15) is 57.7 Å². The van der Waals surface area contributed by atoms with Gasteiger partial charge in [-0.05, 0) is 19.3 Å². The van der Waals surface area contributed by atoms with Gasteiger partial charge in [-0.15, -0.1) is 40.1 Å². The van der Waals surface area contributed by atoms with E-state index in [0.717, 1.165) is 0 Å². The molecular weight excluding hydrogens is 342 g/mol. The Balaban J connectivity index is 0. The molecule has 0 heterocycles. The van der Waals surface area contributed by atoms with Crippen molar-refractivity contribution in [3.05, 3.63) is 53.1 Å². The minimum absolute atomic E-state index is 0. The molecule has 0 unspecified atom stereocenters. The van der Waals surface area contributed by atoms with Gasteiger partial charge in [-0.2, -0.15) is 19.9 Å². The quantitative estimate of drug-likeness (QED) is 0.438. The van der Waals surface area contributed by atoms with Crippen LogP contribution in [0.3, 0.4) is 0 Å². The van der Waals surface area contributed by atoms with E-state index in [1.54, 1.807) is 11.1 Å². The maximum atomic E-state index is 6.94. The molecule has 0 amide bonds. The van der Waals surface area contributed by atoms with E-state index in [4.69, 9.17) is 5.73 Å². The third-order valence-electron chi connectivity index (χ3n) is 3.06. The molecule has 3 rings (SSSR count). The molecule has 1 aliphatic carbocycles. The second-order valence-corrected chi connectivity index (χ2v) is 6.96. The molecule has 0 bridgehead atoms. The van der Waals surface area contributed by atoms with Gasteiger partial charge < -0.3 is 18.3 Å².